The molecule has 12 N–H and O–H groups in total. The molecule has 17 atom stereocenters. The van der Waals surface area contributed by atoms with Crippen molar-refractivity contribution < 1.29 is 89.4 Å². The smallest absolute Gasteiger partial charge is 0.220 e. The second-order valence-electron chi connectivity index (χ2n) is 27.1. The van der Waals surface area contributed by atoms with Crippen molar-refractivity contribution in [2.75, 3.05) is 26.4 Å². The largest absolute Gasteiger partial charge is 0.394 e. The molecule has 0 radical (unpaired) electrons. The summed E-state index contributed by atoms with van der Waals surface area (Å²) in [6, 6.07) is -1.03. The molecule has 3 rings (SSSR count). The van der Waals surface area contributed by atoms with Crippen LogP contribution in [0.5, 0.6) is 0 Å². The molecule has 3 aliphatic heterocycles. The van der Waals surface area contributed by atoms with Crippen molar-refractivity contribution in [3.05, 3.63) is 134 Å². The summed E-state index contributed by atoms with van der Waals surface area (Å²) in [6.07, 6.45) is 60.1. The minimum absolute atomic E-state index is 0.146. The number of allylic oxidation sites excluding steroid dienone is 21. The van der Waals surface area contributed by atoms with E-state index < -0.39 is 131 Å². The molecule has 19 heteroatoms. The minimum Gasteiger partial charge on any atom is -0.394 e. The SMILES string of the molecule is CC/C=C\C/C=C\C/C=C\C/C=C\C/C=C\C/C=C\C/C=C\C/C=C\C/C=C\CCCC(=O)NC(COC1OC(CO)C(OC2OC(CO)C(OC3OC(CO)C(O)C(O)C3O)C(O)C2O)C(O)C1O)C(O)/C=C/CC/C=C/CCCCCCCCCCCCCCCCCCCCCCC. The highest BCUT2D eigenvalue weighted by molar-refractivity contribution is 5.76. The van der Waals surface area contributed by atoms with E-state index in [1.807, 2.05) is 12.2 Å². The normalized spacial score (nSPS) is 27.1. The van der Waals surface area contributed by atoms with E-state index >= 15 is 0 Å². The molecule has 0 saturated carbocycles. The van der Waals surface area contributed by atoms with Crippen molar-refractivity contribution in [2.45, 2.75) is 349 Å². The Labute approximate surface area is 607 Å². The lowest BCUT2D eigenvalue weighted by atomic mass is 9.96. The monoisotopic (exact) mass is 1420 g/mol. The Morgan fingerprint density at radius 2 is 0.693 bits per heavy atom. The van der Waals surface area contributed by atoms with E-state index in [2.05, 4.69) is 135 Å². The maximum absolute atomic E-state index is 13.4. The summed E-state index contributed by atoms with van der Waals surface area (Å²) in [5.74, 6) is -0.347. The highest BCUT2D eigenvalue weighted by Crippen LogP contribution is 2.33. The molecular formula is C82H137NO18. The van der Waals surface area contributed by atoms with Crippen LogP contribution in [0, 0.1) is 0 Å². The van der Waals surface area contributed by atoms with Crippen LogP contribution >= 0.6 is 0 Å². The molecule has 19 nitrogen and oxygen atoms in total. The van der Waals surface area contributed by atoms with E-state index in [0.29, 0.717) is 19.3 Å². The predicted octanol–water partition coefficient (Wildman–Crippen LogP) is 12.5. The van der Waals surface area contributed by atoms with Crippen LogP contribution < -0.4 is 5.32 Å². The molecule has 1 amide bonds. The van der Waals surface area contributed by atoms with Crippen molar-refractivity contribution in [1.29, 1.82) is 0 Å². The molecule has 0 aliphatic carbocycles. The Morgan fingerprint density at radius 1 is 0.366 bits per heavy atom. The standard InChI is InChI=1S/C82H137NO18/c1-3-5-7-9-11-13-15-17-19-21-23-25-27-29-31-32-34-36-38-40-42-44-46-48-50-52-54-56-58-60-70(88)83-65(66(87)59-57-55-53-51-49-47-45-43-41-39-37-35-33-30-28-26-24-22-20-18-16-14-12-10-8-6-4-2)64-96-80-76(94)73(91)78(68(62-85)98-80)101-82-77(95)74(92)79(69(63-86)99-82)100-81-75(93)72(90)71(89)67(61-84)97-81/h5,7,11,13,17,19,23,25,29,31,34,36,40,42,46,48-49,51-52,54,57,59,65-69,71-82,84-87,89-95H,3-4,6,8-10,12,14-16,18,20-22,24,26-28,30,32-33,35,37-39,41,43-45,47,50,53,55-56,58,60-64H2,1-2H3,(H,83,88)/b7-5-,13-11-,19-17-,25-23-,31-29-,36-34-,42-40-,48-46-,51-49+,54-52-,59-57+. The molecule has 0 bridgehead atoms. The number of amides is 1. The number of aliphatic hydroxyl groups excluding tert-OH is 11. The van der Waals surface area contributed by atoms with Gasteiger partial charge in [0.1, 0.15) is 73.2 Å². The van der Waals surface area contributed by atoms with Gasteiger partial charge in [-0.1, -0.05) is 276 Å². The van der Waals surface area contributed by atoms with Crippen LogP contribution in [0.15, 0.2) is 134 Å². The van der Waals surface area contributed by atoms with Gasteiger partial charge in [0.15, 0.2) is 18.9 Å². The van der Waals surface area contributed by atoms with Gasteiger partial charge >= 0.3 is 0 Å². The fourth-order valence-corrected chi connectivity index (χ4v) is 12.2. The Balaban J connectivity index is 1.44. The first kappa shape index (κ1) is 91.1. The zero-order chi connectivity index (χ0) is 73.2. The Kier molecular flexibility index (Phi) is 55.2. The molecule has 3 aliphatic rings. The number of hydrogen-bond acceptors (Lipinski definition) is 18. The summed E-state index contributed by atoms with van der Waals surface area (Å²) in [5, 5.41) is 121. The van der Waals surface area contributed by atoms with E-state index in [1.54, 1.807) is 6.08 Å². The van der Waals surface area contributed by atoms with Crippen LogP contribution in [0.4, 0.5) is 0 Å². The number of rotatable bonds is 59. The second-order valence-corrected chi connectivity index (χ2v) is 27.1. The summed E-state index contributed by atoms with van der Waals surface area (Å²) in [4.78, 5) is 13.4. The van der Waals surface area contributed by atoms with Gasteiger partial charge in [0.25, 0.3) is 0 Å². The zero-order valence-corrected chi connectivity index (χ0v) is 61.6. The molecule has 0 aromatic carbocycles. The summed E-state index contributed by atoms with van der Waals surface area (Å²) in [7, 11) is 0. The van der Waals surface area contributed by atoms with E-state index in [4.69, 9.17) is 28.4 Å². The van der Waals surface area contributed by atoms with Gasteiger partial charge in [-0.25, -0.2) is 0 Å². The molecule has 17 unspecified atom stereocenters. The molecule has 0 aromatic rings. The lowest BCUT2D eigenvalue weighted by Crippen LogP contribution is -2.66. The fraction of sp³-hybridized carbons (Fsp3) is 0.720. The fourth-order valence-electron chi connectivity index (χ4n) is 12.2. The molecule has 101 heavy (non-hydrogen) atoms. The van der Waals surface area contributed by atoms with E-state index in [-0.39, 0.29) is 12.3 Å². The van der Waals surface area contributed by atoms with E-state index in [1.165, 1.54) is 128 Å². The van der Waals surface area contributed by atoms with Crippen molar-refractivity contribution in [2.24, 2.45) is 0 Å². The molecular weight excluding hydrogens is 1290 g/mol. The van der Waals surface area contributed by atoms with Gasteiger partial charge < -0.3 is 89.9 Å². The highest BCUT2D eigenvalue weighted by atomic mass is 16.8. The number of ether oxygens (including phenoxy) is 6. The van der Waals surface area contributed by atoms with Gasteiger partial charge in [0.2, 0.25) is 5.91 Å². The summed E-state index contributed by atoms with van der Waals surface area (Å²) in [5.41, 5.74) is 0. The van der Waals surface area contributed by atoms with Crippen LogP contribution in [0.3, 0.4) is 0 Å². The van der Waals surface area contributed by atoms with Crippen LogP contribution in [0.2, 0.25) is 0 Å². The average Bonchev–Trinajstić information content (AvgIpc) is 0.796. The van der Waals surface area contributed by atoms with Gasteiger partial charge in [-0.3, -0.25) is 4.79 Å². The topological polar surface area (TPSA) is 307 Å². The number of carbonyl (C=O) groups excluding carboxylic acids is 1. The maximum atomic E-state index is 13.4. The molecule has 3 fully saturated rings. The Morgan fingerprint density at radius 3 is 1.11 bits per heavy atom. The molecule has 578 valence electrons. The Hall–Kier alpha value is -4.07. The summed E-state index contributed by atoms with van der Waals surface area (Å²) < 4.78 is 34.4. The van der Waals surface area contributed by atoms with Crippen molar-refractivity contribution in [3.8, 4) is 0 Å². The van der Waals surface area contributed by atoms with E-state index in [9.17, 15) is 61.0 Å². The summed E-state index contributed by atoms with van der Waals surface area (Å²) in [6.45, 7) is 1.57. The second kappa shape index (κ2) is 61.1. The quantitative estimate of drug-likeness (QED) is 0.0199. The first-order valence-corrected chi connectivity index (χ1v) is 38.9. The van der Waals surface area contributed by atoms with Gasteiger partial charge in [0.05, 0.1) is 38.6 Å². The third kappa shape index (κ3) is 41.4. The van der Waals surface area contributed by atoms with Crippen LogP contribution in [0.1, 0.15) is 245 Å². The first-order valence-electron chi connectivity index (χ1n) is 38.9. The molecule has 3 heterocycles. The highest BCUT2D eigenvalue weighted by Gasteiger charge is 2.53. The number of aliphatic hydroxyl groups is 11. The number of nitrogens with one attached hydrogen (secondary N) is 1. The number of hydrogen-bond donors (Lipinski definition) is 12. The molecule has 0 spiro atoms. The zero-order valence-electron chi connectivity index (χ0n) is 61.6. The number of unbranched alkanes of at least 4 members (excludes halogenated alkanes) is 23. The van der Waals surface area contributed by atoms with Gasteiger partial charge in [-0.2, -0.15) is 0 Å². The van der Waals surface area contributed by atoms with Crippen molar-refractivity contribution in [1.82, 2.24) is 5.32 Å². The van der Waals surface area contributed by atoms with Gasteiger partial charge in [0, 0.05) is 6.42 Å². The molecule has 3 saturated heterocycles. The minimum atomic E-state index is -1.99. The number of carbonyl (C=O) groups is 1. The predicted molar refractivity (Wildman–Crippen MR) is 401 cm³/mol. The van der Waals surface area contributed by atoms with Crippen LogP contribution in [-0.4, -0.2) is 193 Å². The third-order valence-electron chi connectivity index (χ3n) is 18.4. The lowest BCUT2D eigenvalue weighted by molar-refractivity contribution is -0.379. The van der Waals surface area contributed by atoms with Gasteiger partial charge in [-0.05, 0) is 96.3 Å². The van der Waals surface area contributed by atoms with Crippen molar-refractivity contribution in [3.63, 3.8) is 0 Å². The lowest BCUT2D eigenvalue weighted by Gasteiger charge is -2.48. The first-order chi connectivity index (χ1) is 49.3. The van der Waals surface area contributed by atoms with Crippen LogP contribution in [0.25, 0.3) is 0 Å². The van der Waals surface area contributed by atoms with Gasteiger partial charge in [-0.15, -0.1) is 0 Å². The van der Waals surface area contributed by atoms with Crippen molar-refractivity contribution >= 4 is 5.91 Å². The summed E-state index contributed by atoms with van der Waals surface area (Å²) >= 11 is 0. The average molecular weight is 1420 g/mol. The van der Waals surface area contributed by atoms with E-state index in [0.717, 1.165) is 77.0 Å². The Bertz CT molecular complexity index is 2350. The maximum Gasteiger partial charge on any atom is 0.220 e. The molecule has 0 aromatic heterocycles. The third-order valence-corrected chi connectivity index (χ3v) is 18.4. The van der Waals surface area contributed by atoms with Crippen LogP contribution in [-0.2, 0) is 33.2 Å².